The molecular weight excluding hydrogens is 372 g/mol. The van der Waals surface area contributed by atoms with Gasteiger partial charge in [-0.1, -0.05) is 21.1 Å². The Hall–Kier alpha value is -2.60. The number of nitrogens with one attached hydrogen (secondary N) is 1. The van der Waals surface area contributed by atoms with Gasteiger partial charge in [-0.05, 0) is 62.4 Å². The molecule has 5 nitrogen and oxygen atoms in total. The monoisotopic (exact) mass is 386 g/mol. The first-order valence-electron chi connectivity index (χ1n) is 7.30. The molecule has 0 aliphatic rings. The summed E-state index contributed by atoms with van der Waals surface area (Å²) in [5.74, 6) is 1.69. The van der Waals surface area contributed by atoms with E-state index in [0.717, 1.165) is 10.2 Å². The fourth-order valence-corrected chi connectivity index (χ4v) is 2.51. The van der Waals surface area contributed by atoms with Gasteiger partial charge in [-0.3, -0.25) is 4.79 Å². The topological polar surface area (TPSA) is 64.4 Å². The maximum atomic E-state index is 12.3. The number of rotatable bonds is 4. The van der Waals surface area contributed by atoms with Gasteiger partial charge in [0.05, 0.1) is 5.69 Å². The summed E-state index contributed by atoms with van der Waals surface area (Å²) >= 11 is 3.38. The van der Waals surface area contributed by atoms with Gasteiger partial charge >= 0.3 is 0 Å². The highest BCUT2D eigenvalue weighted by molar-refractivity contribution is 9.10. The molecule has 0 unspecified atom stereocenters. The van der Waals surface area contributed by atoms with E-state index in [2.05, 4.69) is 26.4 Å². The molecule has 1 heterocycles. The first kappa shape index (κ1) is 16.3. The van der Waals surface area contributed by atoms with Crippen molar-refractivity contribution in [3.8, 4) is 11.5 Å². The minimum atomic E-state index is -0.243. The molecule has 0 fully saturated rings. The van der Waals surface area contributed by atoms with Crippen molar-refractivity contribution in [3.63, 3.8) is 0 Å². The minimum Gasteiger partial charge on any atom is -0.457 e. The molecule has 0 spiro atoms. The average Bonchev–Trinajstić information content (AvgIpc) is 2.90. The van der Waals surface area contributed by atoms with Crippen molar-refractivity contribution in [2.45, 2.75) is 13.8 Å². The third-order valence-electron chi connectivity index (χ3n) is 3.42. The van der Waals surface area contributed by atoms with Crippen LogP contribution >= 0.6 is 15.9 Å². The van der Waals surface area contributed by atoms with Crippen molar-refractivity contribution >= 4 is 27.5 Å². The van der Waals surface area contributed by atoms with E-state index in [1.165, 1.54) is 0 Å². The second kappa shape index (κ2) is 6.88. The van der Waals surface area contributed by atoms with Crippen LogP contribution in [-0.2, 0) is 0 Å². The lowest BCUT2D eigenvalue weighted by molar-refractivity contribution is 0.102. The number of ether oxygens (including phenoxy) is 1. The van der Waals surface area contributed by atoms with Crippen LogP contribution in [0.4, 0.5) is 5.69 Å². The summed E-state index contributed by atoms with van der Waals surface area (Å²) < 4.78 is 11.8. The van der Waals surface area contributed by atoms with Crippen LogP contribution in [-0.4, -0.2) is 11.1 Å². The van der Waals surface area contributed by atoms with E-state index < -0.39 is 0 Å². The Morgan fingerprint density at radius 2 is 1.62 bits per heavy atom. The number of benzene rings is 2. The number of carbonyl (C=O) groups is 1. The van der Waals surface area contributed by atoms with Gasteiger partial charge in [0.2, 0.25) is 0 Å². The SMILES string of the molecule is Cc1noc(C)c1C(=O)Nc1ccc(Oc2ccc(Br)cc2)cc1. The number of aromatic nitrogens is 1. The molecular formula is C18H15BrN2O3. The van der Waals surface area contributed by atoms with E-state index in [-0.39, 0.29) is 5.91 Å². The van der Waals surface area contributed by atoms with E-state index in [9.17, 15) is 4.79 Å². The maximum absolute atomic E-state index is 12.3. The van der Waals surface area contributed by atoms with Gasteiger partial charge < -0.3 is 14.6 Å². The van der Waals surface area contributed by atoms with Gasteiger partial charge in [-0.15, -0.1) is 0 Å². The zero-order valence-electron chi connectivity index (χ0n) is 13.2. The highest BCUT2D eigenvalue weighted by atomic mass is 79.9. The molecule has 1 amide bonds. The molecule has 0 bridgehead atoms. The molecule has 6 heteroatoms. The van der Waals surface area contributed by atoms with Crippen molar-refractivity contribution in [2.75, 3.05) is 5.32 Å². The molecule has 1 N–H and O–H groups in total. The second-order valence-electron chi connectivity index (χ2n) is 5.23. The molecule has 1 aromatic heterocycles. The van der Waals surface area contributed by atoms with Crippen LogP contribution in [0.25, 0.3) is 0 Å². The number of hydrogen-bond acceptors (Lipinski definition) is 4. The lowest BCUT2D eigenvalue weighted by atomic mass is 10.2. The van der Waals surface area contributed by atoms with Gasteiger partial charge in [-0.25, -0.2) is 0 Å². The van der Waals surface area contributed by atoms with Gasteiger partial charge in [0.1, 0.15) is 22.8 Å². The summed E-state index contributed by atoms with van der Waals surface area (Å²) in [5, 5.41) is 6.61. The van der Waals surface area contributed by atoms with E-state index in [1.54, 1.807) is 38.1 Å². The first-order valence-corrected chi connectivity index (χ1v) is 8.10. The summed E-state index contributed by atoms with van der Waals surface area (Å²) in [7, 11) is 0. The molecule has 0 aliphatic carbocycles. The van der Waals surface area contributed by atoms with Crippen molar-refractivity contribution < 1.29 is 14.1 Å². The molecule has 2 aromatic carbocycles. The van der Waals surface area contributed by atoms with Crippen LogP contribution in [0.3, 0.4) is 0 Å². The van der Waals surface area contributed by atoms with Gasteiger partial charge in [0, 0.05) is 10.2 Å². The van der Waals surface area contributed by atoms with E-state index in [4.69, 9.17) is 9.26 Å². The van der Waals surface area contributed by atoms with Gasteiger partial charge in [0.15, 0.2) is 0 Å². The third-order valence-corrected chi connectivity index (χ3v) is 3.95. The Morgan fingerprint density at radius 3 is 2.17 bits per heavy atom. The third kappa shape index (κ3) is 3.65. The molecule has 0 atom stereocenters. The quantitative estimate of drug-likeness (QED) is 0.677. The molecule has 0 aliphatic heterocycles. The van der Waals surface area contributed by atoms with Crippen LogP contribution in [0.5, 0.6) is 11.5 Å². The number of carbonyl (C=O) groups excluding carboxylic acids is 1. The standard InChI is InChI=1S/C18H15BrN2O3/c1-11-17(12(2)24-21-11)18(22)20-14-5-9-16(10-6-14)23-15-7-3-13(19)4-8-15/h3-10H,1-2H3,(H,20,22). The van der Waals surface area contributed by atoms with Crippen LogP contribution in [0.2, 0.25) is 0 Å². The number of anilines is 1. The number of nitrogens with zero attached hydrogens (tertiary/aromatic N) is 1. The average molecular weight is 387 g/mol. The fraction of sp³-hybridized carbons (Fsp3) is 0.111. The number of amides is 1. The summed E-state index contributed by atoms with van der Waals surface area (Å²) in [6, 6.07) is 14.7. The predicted molar refractivity (Wildman–Crippen MR) is 94.6 cm³/mol. The van der Waals surface area contributed by atoms with Crippen molar-refractivity contribution in [1.82, 2.24) is 5.16 Å². The molecule has 0 saturated carbocycles. The molecule has 3 rings (SSSR count). The maximum Gasteiger partial charge on any atom is 0.261 e. The Morgan fingerprint density at radius 1 is 1.04 bits per heavy atom. The highest BCUT2D eigenvalue weighted by Gasteiger charge is 2.17. The highest BCUT2D eigenvalue weighted by Crippen LogP contribution is 2.25. The molecule has 0 saturated heterocycles. The Balaban J connectivity index is 1.68. The summed E-state index contributed by atoms with van der Waals surface area (Å²) in [5.41, 5.74) is 1.70. The van der Waals surface area contributed by atoms with Crippen LogP contribution < -0.4 is 10.1 Å². The predicted octanol–water partition coefficient (Wildman–Crippen LogP) is 5.10. The summed E-state index contributed by atoms with van der Waals surface area (Å²) in [6.45, 7) is 3.45. The van der Waals surface area contributed by atoms with Crippen molar-refractivity contribution in [2.24, 2.45) is 0 Å². The summed E-state index contributed by atoms with van der Waals surface area (Å²) in [4.78, 5) is 12.3. The van der Waals surface area contributed by atoms with Crippen molar-refractivity contribution in [3.05, 3.63) is 70.0 Å². The van der Waals surface area contributed by atoms with E-state index >= 15 is 0 Å². The largest absolute Gasteiger partial charge is 0.457 e. The lowest BCUT2D eigenvalue weighted by Gasteiger charge is -2.08. The van der Waals surface area contributed by atoms with Gasteiger partial charge in [0.25, 0.3) is 5.91 Å². The number of aryl methyl sites for hydroxylation is 2. The van der Waals surface area contributed by atoms with Crippen LogP contribution in [0, 0.1) is 13.8 Å². The summed E-state index contributed by atoms with van der Waals surface area (Å²) in [6.07, 6.45) is 0. The zero-order valence-corrected chi connectivity index (χ0v) is 14.8. The van der Waals surface area contributed by atoms with Crippen LogP contribution in [0.1, 0.15) is 21.8 Å². The minimum absolute atomic E-state index is 0.243. The molecule has 3 aromatic rings. The first-order chi connectivity index (χ1) is 11.5. The second-order valence-corrected chi connectivity index (χ2v) is 6.15. The Bertz CT molecular complexity index is 835. The fourth-order valence-electron chi connectivity index (χ4n) is 2.25. The molecule has 0 radical (unpaired) electrons. The lowest BCUT2D eigenvalue weighted by Crippen LogP contribution is -2.13. The van der Waals surface area contributed by atoms with Crippen molar-refractivity contribution in [1.29, 1.82) is 0 Å². The normalized spacial score (nSPS) is 10.5. The Labute approximate surface area is 147 Å². The number of halogens is 1. The van der Waals surface area contributed by atoms with E-state index in [0.29, 0.717) is 28.5 Å². The van der Waals surface area contributed by atoms with Gasteiger partial charge in [-0.2, -0.15) is 0 Å². The van der Waals surface area contributed by atoms with E-state index in [1.807, 2.05) is 24.3 Å². The zero-order chi connectivity index (χ0) is 17.1. The molecule has 122 valence electrons. The van der Waals surface area contributed by atoms with Crippen LogP contribution in [0.15, 0.2) is 57.5 Å². The smallest absolute Gasteiger partial charge is 0.261 e. The Kier molecular flexibility index (Phi) is 4.66. The number of hydrogen-bond donors (Lipinski definition) is 1. The molecule has 24 heavy (non-hydrogen) atoms.